The normalized spacial score (nSPS) is 20.7. The summed E-state index contributed by atoms with van der Waals surface area (Å²) < 4.78 is 24.0. The van der Waals surface area contributed by atoms with E-state index in [0.717, 1.165) is 27.3 Å². The first-order valence-electron chi connectivity index (χ1n) is 9.34. The number of ether oxygens (including phenoxy) is 2. The Kier molecular flexibility index (Phi) is 5.57. The van der Waals surface area contributed by atoms with Gasteiger partial charge in [-0.05, 0) is 23.8 Å². The molecule has 1 unspecified atom stereocenters. The molecule has 3 aliphatic rings. The zero-order valence-electron chi connectivity index (χ0n) is 16.0. The number of hydroxylamine groups is 2. The van der Waals surface area contributed by atoms with Crippen molar-refractivity contribution in [1.29, 1.82) is 0 Å². The third-order valence-electron chi connectivity index (χ3n) is 5.05. The number of aliphatic imine (C=N–C) groups is 1. The number of fused-ring (bicyclic) bond motifs is 2. The number of benzene rings is 1. The van der Waals surface area contributed by atoms with Gasteiger partial charge >= 0.3 is 0 Å². The van der Waals surface area contributed by atoms with Crippen molar-refractivity contribution in [3.05, 3.63) is 70.8 Å². The summed E-state index contributed by atoms with van der Waals surface area (Å²) in [5.41, 5.74) is 4.00. The Hall–Kier alpha value is -2.81. The summed E-state index contributed by atoms with van der Waals surface area (Å²) in [7, 11) is 1.61. The summed E-state index contributed by atoms with van der Waals surface area (Å²) in [6.45, 7) is 1.84. The SMILES string of the molecule is COCCOCC1=CN(Cc2ccc(F)cc2)C2C(=O)N=C3CN(O)C=CC3=C12. The Labute approximate surface area is 168 Å². The molecule has 4 rings (SSSR count). The number of dihydropyridines is 1. The maximum Gasteiger partial charge on any atom is 0.273 e. The summed E-state index contributed by atoms with van der Waals surface area (Å²) in [6.07, 6.45) is 5.24. The second kappa shape index (κ2) is 8.28. The molecular weight excluding hydrogens is 377 g/mol. The molecule has 0 radical (unpaired) electrons. The molecule has 0 spiro atoms. The second-order valence-corrected chi connectivity index (χ2v) is 7.04. The zero-order chi connectivity index (χ0) is 20.4. The zero-order valence-corrected chi connectivity index (χ0v) is 16.0. The summed E-state index contributed by atoms with van der Waals surface area (Å²) in [5, 5.41) is 10.7. The molecule has 1 aromatic rings. The number of allylic oxidation sites excluding steroid dienone is 1. The minimum absolute atomic E-state index is 0.156. The molecule has 29 heavy (non-hydrogen) atoms. The smallest absolute Gasteiger partial charge is 0.273 e. The van der Waals surface area contributed by atoms with Gasteiger partial charge in [-0.1, -0.05) is 12.1 Å². The van der Waals surface area contributed by atoms with E-state index in [4.69, 9.17) is 9.47 Å². The highest BCUT2D eigenvalue weighted by Gasteiger charge is 2.41. The molecule has 1 aromatic carbocycles. The van der Waals surface area contributed by atoms with Gasteiger partial charge in [-0.3, -0.25) is 15.1 Å². The van der Waals surface area contributed by atoms with Crippen molar-refractivity contribution in [2.75, 3.05) is 33.5 Å². The molecule has 1 atom stereocenters. The van der Waals surface area contributed by atoms with Crippen molar-refractivity contribution in [3.63, 3.8) is 0 Å². The first-order valence-corrected chi connectivity index (χ1v) is 9.34. The Bertz CT molecular complexity index is 920. The largest absolute Gasteiger partial charge is 0.382 e. The van der Waals surface area contributed by atoms with Crippen LogP contribution in [0.1, 0.15) is 5.56 Å². The Morgan fingerprint density at radius 2 is 2.07 bits per heavy atom. The van der Waals surface area contributed by atoms with Crippen LogP contribution in [-0.2, 0) is 20.8 Å². The van der Waals surface area contributed by atoms with Gasteiger partial charge < -0.3 is 14.4 Å². The van der Waals surface area contributed by atoms with Crippen molar-refractivity contribution in [1.82, 2.24) is 9.96 Å². The van der Waals surface area contributed by atoms with Crippen LogP contribution in [0.25, 0.3) is 0 Å². The van der Waals surface area contributed by atoms with Crippen LogP contribution in [0.15, 0.2) is 64.5 Å². The number of carbonyl (C=O) groups is 1. The van der Waals surface area contributed by atoms with E-state index in [2.05, 4.69) is 4.99 Å². The molecule has 0 aliphatic carbocycles. The highest BCUT2D eigenvalue weighted by molar-refractivity contribution is 6.15. The monoisotopic (exact) mass is 399 g/mol. The Balaban J connectivity index is 1.66. The van der Waals surface area contributed by atoms with E-state index in [1.165, 1.54) is 12.1 Å². The predicted molar refractivity (Wildman–Crippen MR) is 104 cm³/mol. The molecule has 7 nitrogen and oxygen atoms in total. The van der Waals surface area contributed by atoms with Crippen LogP contribution in [-0.4, -0.2) is 66.3 Å². The first-order chi connectivity index (χ1) is 14.1. The van der Waals surface area contributed by atoms with Crippen LogP contribution in [0, 0.1) is 5.82 Å². The van der Waals surface area contributed by atoms with Crippen molar-refractivity contribution in [2.45, 2.75) is 12.6 Å². The van der Waals surface area contributed by atoms with E-state index in [1.54, 1.807) is 31.5 Å². The van der Waals surface area contributed by atoms with E-state index in [0.29, 0.717) is 32.1 Å². The summed E-state index contributed by atoms with van der Waals surface area (Å²) in [4.78, 5) is 19.0. The van der Waals surface area contributed by atoms with Crippen LogP contribution >= 0.6 is 0 Å². The van der Waals surface area contributed by atoms with Crippen molar-refractivity contribution >= 4 is 11.6 Å². The van der Waals surface area contributed by atoms with Crippen LogP contribution in [0.2, 0.25) is 0 Å². The lowest BCUT2D eigenvalue weighted by Gasteiger charge is -2.31. The lowest BCUT2D eigenvalue weighted by atomic mass is 9.89. The number of hydrogen-bond acceptors (Lipinski definition) is 6. The van der Waals surface area contributed by atoms with Gasteiger partial charge in [-0.15, -0.1) is 0 Å². The first kappa shape index (κ1) is 19.5. The molecule has 152 valence electrons. The number of carbonyl (C=O) groups excluding carboxylic acids is 1. The van der Waals surface area contributed by atoms with Crippen molar-refractivity contribution in [2.24, 2.45) is 4.99 Å². The molecule has 3 aliphatic heterocycles. The van der Waals surface area contributed by atoms with Gasteiger partial charge in [-0.25, -0.2) is 9.38 Å². The van der Waals surface area contributed by atoms with E-state index in [1.807, 2.05) is 11.1 Å². The third kappa shape index (κ3) is 4.00. The highest BCUT2D eigenvalue weighted by Crippen LogP contribution is 2.37. The topological polar surface area (TPSA) is 74.6 Å². The number of hydrogen-bond donors (Lipinski definition) is 1. The number of amides is 1. The van der Waals surface area contributed by atoms with Gasteiger partial charge in [-0.2, -0.15) is 0 Å². The van der Waals surface area contributed by atoms with E-state index < -0.39 is 6.04 Å². The fourth-order valence-electron chi connectivity index (χ4n) is 3.73. The van der Waals surface area contributed by atoms with Gasteiger partial charge in [0.15, 0.2) is 0 Å². The summed E-state index contributed by atoms with van der Waals surface area (Å²) in [6, 6.07) is 5.66. The minimum atomic E-state index is -0.560. The highest BCUT2D eigenvalue weighted by atomic mass is 19.1. The fraction of sp³-hybridized carbons (Fsp3) is 0.333. The van der Waals surface area contributed by atoms with Crippen molar-refractivity contribution < 1.29 is 23.9 Å². The minimum Gasteiger partial charge on any atom is -0.382 e. The summed E-state index contributed by atoms with van der Waals surface area (Å²) >= 11 is 0. The number of rotatable bonds is 7. The quantitative estimate of drug-likeness (QED) is 0.708. The summed E-state index contributed by atoms with van der Waals surface area (Å²) in [5.74, 6) is -0.586. The Morgan fingerprint density at radius 1 is 1.28 bits per heavy atom. The van der Waals surface area contributed by atoms with Crippen molar-refractivity contribution in [3.8, 4) is 0 Å². The molecule has 8 heteroatoms. The number of methoxy groups -OCH3 is 1. The molecule has 0 saturated heterocycles. The molecule has 0 saturated carbocycles. The van der Waals surface area contributed by atoms with Crippen LogP contribution < -0.4 is 0 Å². The number of nitrogens with zero attached hydrogens (tertiary/aromatic N) is 3. The lowest BCUT2D eigenvalue weighted by molar-refractivity contribution is -0.121. The number of halogens is 1. The van der Waals surface area contributed by atoms with E-state index in [9.17, 15) is 14.4 Å². The van der Waals surface area contributed by atoms with Gasteiger partial charge in [0.1, 0.15) is 11.9 Å². The van der Waals surface area contributed by atoms with Crippen LogP contribution in [0.5, 0.6) is 0 Å². The molecule has 3 heterocycles. The van der Waals surface area contributed by atoms with Crippen LogP contribution in [0.4, 0.5) is 4.39 Å². The molecule has 0 fully saturated rings. The molecule has 0 bridgehead atoms. The average Bonchev–Trinajstić information content (AvgIpc) is 3.06. The van der Waals surface area contributed by atoms with Crippen LogP contribution in [0.3, 0.4) is 0 Å². The van der Waals surface area contributed by atoms with E-state index >= 15 is 0 Å². The van der Waals surface area contributed by atoms with Gasteiger partial charge in [0, 0.05) is 42.8 Å². The molecule has 1 amide bonds. The molecular formula is C21H22FN3O4. The third-order valence-corrected chi connectivity index (χ3v) is 5.05. The second-order valence-electron chi connectivity index (χ2n) is 7.04. The van der Waals surface area contributed by atoms with E-state index in [-0.39, 0.29) is 18.3 Å². The molecule has 1 N–H and O–H groups in total. The Morgan fingerprint density at radius 3 is 2.83 bits per heavy atom. The molecule has 0 aromatic heterocycles. The fourth-order valence-corrected chi connectivity index (χ4v) is 3.73. The maximum atomic E-state index is 13.2. The van der Waals surface area contributed by atoms with Gasteiger partial charge in [0.05, 0.1) is 32.1 Å². The average molecular weight is 399 g/mol. The lowest BCUT2D eigenvalue weighted by Crippen LogP contribution is -2.41. The standard InChI is InChI=1S/C21H22FN3O4/c1-28-8-9-29-13-15-11-24(10-14-2-4-16(22)5-3-14)20-19(15)17-6-7-25(27)12-18(17)23-21(20)26/h2-7,11,20,27H,8-10,12-13H2,1H3. The van der Waals surface area contributed by atoms with Gasteiger partial charge in [0.25, 0.3) is 5.91 Å². The maximum absolute atomic E-state index is 13.2. The van der Waals surface area contributed by atoms with Gasteiger partial charge in [0.2, 0.25) is 0 Å². The predicted octanol–water partition coefficient (Wildman–Crippen LogP) is 2.05.